The molecule has 6 nitrogen and oxygen atoms in total. The molecule has 0 aliphatic heterocycles. The Kier molecular flexibility index (Phi) is 3.79. The lowest BCUT2D eigenvalue weighted by Gasteiger charge is -1.95. The lowest BCUT2D eigenvalue weighted by atomic mass is 10.2. The van der Waals surface area contributed by atoms with Crippen molar-refractivity contribution in [3.05, 3.63) is 22.4 Å². The van der Waals surface area contributed by atoms with Crippen LogP contribution in [0, 0.1) is 5.82 Å². The number of ether oxygens (including phenoxy) is 1. The second-order valence-corrected chi connectivity index (χ2v) is 4.39. The Morgan fingerprint density at radius 3 is 3.00 bits per heavy atom. The van der Waals surface area contributed by atoms with E-state index in [0.717, 1.165) is 0 Å². The van der Waals surface area contributed by atoms with E-state index in [1.54, 1.807) is 6.92 Å². The van der Waals surface area contributed by atoms with E-state index in [1.807, 2.05) is 0 Å². The average molecular weight is 330 g/mol. The zero-order valence-corrected chi connectivity index (χ0v) is 11.4. The van der Waals surface area contributed by atoms with Crippen molar-refractivity contribution >= 4 is 38.6 Å². The number of hydrogen-bond acceptors (Lipinski definition) is 4. The van der Waals surface area contributed by atoms with Gasteiger partial charge in [-0.2, -0.15) is 0 Å². The number of azo groups is 1. The summed E-state index contributed by atoms with van der Waals surface area (Å²) >= 11 is 3.15. The van der Waals surface area contributed by atoms with Crippen LogP contribution >= 0.6 is 15.9 Å². The molecule has 1 aromatic heterocycles. The van der Waals surface area contributed by atoms with Gasteiger partial charge in [-0.1, -0.05) is 5.11 Å². The van der Waals surface area contributed by atoms with Gasteiger partial charge >= 0.3 is 6.09 Å². The first-order valence-corrected chi connectivity index (χ1v) is 6.10. The molecule has 0 radical (unpaired) electrons. The summed E-state index contributed by atoms with van der Waals surface area (Å²) in [5, 5.41) is 16.8. The van der Waals surface area contributed by atoms with Gasteiger partial charge in [-0.15, -0.1) is 5.11 Å². The standard InChI is InChI=1S/C11H9BrFN3O3/c1-2-19-11(18)16-15-9-6-3-5(13)4-7(12)8(6)14-10(9)17/h3-4,14,17H,2H2,1H3. The van der Waals surface area contributed by atoms with E-state index in [9.17, 15) is 14.3 Å². The van der Waals surface area contributed by atoms with Gasteiger partial charge in [0.2, 0.25) is 5.88 Å². The van der Waals surface area contributed by atoms with E-state index in [0.29, 0.717) is 15.4 Å². The number of H-pyrrole nitrogens is 1. The molecule has 0 saturated carbocycles. The van der Waals surface area contributed by atoms with Crippen LogP contribution in [0.2, 0.25) is 0 Å². The molecule has 0 fully saturated rings. The summed E-state index contributed by atoms with van der Waals surface area (Å²) in [6, 6.07) is 2.42. The summed E-state index contributed by atoms with van der Waals surface area (Å²) in [6.07, 6.45) is -0.883. The van der Waals surface area contributed by atoms with Gasteiger partial charge in [-0.25, -0.2) is 9.18 Å². The molecule has 0 saturated heterocycles. The highest BCUT2D eigenvalue weighted by atomic mass is 79.9. The Hall–Kier alpha value is -1.96. The molecule has 1 amide bonds. The number of hydrogen-bond donors (Lipinski definition) is 2. The minimum Gasteiger partial charge on any atom is -0.493 e. The zero-order chi connectivity index (χ0) is 14.0. The van der Waals surface area contributed by atoms with Crippen molar-refractivity contribution in [1.29, 1.82) is 0 Å². The van der Waals surface area contributed by atoms with E-state index >= 15 is 0 Å². The Morgan fingerprint density at radius 1 is 1.58 bits per heavy atom. The maximum atomic E-state index is 13.3. The fourth-order valence-electron chi connectivity index (χ4n) is 1.54. The third-order valence-corrected chi connectivity index (χ3v) is 2.90. The second kappa shape index (κ2) is 5.35. The number of aromatic hydroxyl groups is 1. The number of nitrogens with zero attached hydrogens (tertiary/aromatic N) is 2. The van der Waals surface area contributed by atoms with Gasteiger partial charge in [0, 0.05) is 9.86 Å². The monoisotopic (exact) mass is 329 g/mol. The molecule has 2 N–H and O–H groups in total. The van der Waals surface area contributed by atoms with E-state index in [2.05, 4.69) is 35.9 Å². The molecule has 19 heavy (non-hydrogen) atoms. The Bertz CT molecular complexity index is 669. The summed E-state index contributed by atoms with van der Waals surface area (Å²) in [5.74, 6) is -0.819. The Morgan fingerprint density at radius 2 is 2.32 bits per heavy atom. The Labute approximate surface area is 115 Å². The molecule has 2 rings (SSSR count). The van der Waals surface area contributed by atoms with E-state index < -0.39 is 11.9 Å². The lowest BCUT2D eigenvalue weighted by molar-refractivity contribution is 0.162. The van der Waals surface area contributed by atoms with Crippen molar-refractivity contribution in [3.63, 3.8) is 0 Å². The van der Waals surface area contributed by atoms with Crippen LogP contribution in [0.1, 0.15) is 6.92 Å². The minimum atomic E-state index is -0.883. The number of halogens is 2. The van der Waals surface area contributed by atoms with E-state index in [1.165, 1.54) is 12.1 Å². The highest BCUT2D eigenvalue weighted by Gasteiger charge is 2.14. The number of carbonyl (C=O) groups is 1. The summed E-state index contributed by atoms with van der Waals surface area (Å²) in [4.78, 5) is 13.7. The maximum absolute atomic E-state index is 13.3. The first-order valence-electron chi connectivity index (χ1n) is 5.31. The van der Waals surface area contributed by atoms with Gasteiger partial charge in [0.05, 0.1) is 12.1 Å². The number of nitrogens with one attached hydrogen (secondary N) is 1. The number of rotatable bonds is 2. The van der Waals surface area contributed by atoms with Gasteiger partial charge in [0.1, 0.15) is 5.82 Å². The molecule has 0 aliphatic carbocycles. The van der Waals surface area contributed by atoms with Crippen molar-refractivity contribution in [3.8, 4) is 5.88 Å². The van der Waals surface area contributed by atoms with Crippen LogP contribution in [0.4, 0.5) is 14.9 Å². The fourth-order valence-corrected chi connectivity index (χ4v) is 2.07. The van der Waals surface area contributed by atoms with Crippen LogP contribution in [0.3, 0.4) is 0 Å². The van der Waals surface area contributed by atoms with Crippen LogP contribution in [-0.2, 0) is 4.74 Å². The summed E-state index contributed by atoms with van der Waals surface area (Å²) in [5.41, 5.74) is 0.431. The first-order chi connectivity index (χ1) is 9.02. The van der Waals surface area contributed by atoms with Crippen molar-refractivity contribution in [1.82, 2.24) is 4.98 Å². The van der Waals surface area contributed by atoms with Gasteiger partial charge in [0.25, 0.3) is 0 Å². The molecular weight excluding hydrogens is 321 g/mol. The maximum Gasteiger partial charge on any atom is 0.452 e. The lowest BCUT2D eigenvalue weighted by Crippen LogP contribution is -1.95. The third-order valence-electron chi connectivity index (χ3n) is 2.28. The average Bonchev–Trinajstić information content (AvgIpc) is 2.64. The number of fused-ring (bicyclic) bond motifs is 1. The highest BCUT2D eigenvalue weighted by Crippen LogP contribution is 2.39. The van der Waals surface area contributed by atoms with E-state index in [-0.39, 0.29) is 18.2 Å². The second-order valence-electron chi connectivity index (χ2n) is 3.53. The van der Waals surface area contributed by atoms with Gasteiger partial charge in [0.15, 0.2) is 5.69 Å². The molecule has 0 aliphatic rings. The summed E-state index contributed by atoms with van der Waals surface area (Å²) in [6.45, 7) is 1.79. The molecule has 0 bridgehead atoms. The molecular formula is C11H9BrFN3O3. The summed E-state index contributed by atoms with van der Waals surface area (Å²) in [7, 11) is 0. The minimum absolute atomic E-state index is 0.0248. The third kappa shape index (κ3) is 2.73. The number of aromatic amines is 1. The quantitative estimate of drug-likeness (QED) is 0.816. The van der Waals surface area contributed by atoms with Crippen LogP contribution in [0.15, 0.2) is 26.8 Å². The van der Waals surface area contributed by atoms with Crippen molar-refractivity contribution in [2.45, 2.75) is 6.92 Å². The number of benzene rings is 1. The van der Waals surface area contributed by atoms with Gasteiger partial charge < -0.3 is 14.8 Å². The predicted molar refractivity (Wildman–Crippen MR) is 69.2 cm³/mol. The van der Waals surface area contributed by atoms with Crippen molar-refractivity contribution in [2.75, 3.05) is 6.61 Å². The molecule has 8 heteroatoms. The fraction of sp³-hybridized carbons (Fsp3) is 0.182. The van der Waals surface area contributed by atoms with Crippen molar-refractivity contribution in [2.24, 2.45) is 10.2 Å². The smallest absolute Gasteiger partial charge is 0.452 e. The Balaban J connectivity index is 2.48. The predicted octanol–water partition coefficient (Wildman–Crippen LogP) is 4.02. The summed E-state index contributed by atoms with van der Waals surface area (Å²) < 4.78 is 18.3. The van der Waals surface area contributed by atoms with Crippen LogP contribution in [0.5, 0.6) is 5.88 Å². The molecule has 1 heterocycles. The highest BCUT2D eigenvalue weighted by molar-refractivity contribution is 9.10. The molecule has 0 spiro atoms. The van der Waals surface area contributed by atoms with Gasteiger partial charge in [-0.3, -0.25) is 0 Å². The molecule has 100 valence electrons. The van der Waals surface area contributed by atoms with Crippen LogP contribution in [0.25, 0.3) is 10.9 Å². The molecule has 1 aromatic carbocycles. The van der Waals surface area contributed by atoms with E-state index in [4.69, 9.17) is 0 Å². The number of carbonyl (C=O) groups excluding carboxylic acids is 1. The zero-order valence-electron chi connectivity index (χ0n) is 9.78. The SMILES string of the molecule is CCOC(=O)N=Nc1c(O)[nH]c2c(Br)cc(F)cc12. The van der Waals surface area contributed by atoms with Crippen LogP contribution in [-0.4, -0.2) is 22.8 Å². The number of aromatic nitrogens is 1. The number of amides is 1. The van der Waals surface area contributed by atoms with Gasteiger partial charge in [-0.05, 0) is 35.0 Å². The normalized spacial score (nSPS) is 11.3. The first kappa shape index (κ1) is 13.5. The molecule has 0 atom stereocenters. The largest absolute Gasteiger partial charge is 0.493 e. The topological polar surface area (TPSA) is 87.0 Å². The molecule has 0 unspecified atom stereocenters. The molecule has 2 aromatic rings. The van der Waals surface area contributed by atoms with Crippen LogP contribution < -0.4 is 0 Å². The van der Waals surface area contributed by atoms with Crippen molar-refractivity contribution < 1.29 is 19.0 Å².